The highest BCUT2D eigenvalue weighted by molar-refractivity contribution is 5.31. The van der Waals surface area contributed by atoms with E-state index in [1.54, 1.807) is 17.0 Å². The molecule has 0 fully saturated rings. The van der Waals surface area contributed by atoms with Crippen molar-refractivity contribution in [2.75, 3.05) is 11.9 Å². The second-order valence-electron chi connectivity index (χ2n) is 5.04. The minimum atomic E-state index is -0.0814. The standard InChI is InChI=1S/C13H23N3O2/c1-10(2)9-16-7-6-14-12(13(16)18)15-11(3)5-4-8-17/h6-7,10-11,17H,4-5,8-9H2,1-3H3,(H,14,15). The van der Waals surface area contributed by atoms with Gasteiger partial charge in [0.25, 0.3) is 5.56 Å². The minimum Gasteiger partial charge on any atom is -0.396 e. The third kappa shape index (κ3) is 4.49. The van der Waals surface area contributed by atoms with Crippen LogP contribution in [-0.4, -0.2) is 27.3 Å². The molecule has 1 unspecified atom stereocenters. The van der Waals surface area contributed by atoms with E-state index in [4.69, 9.17) is 5.11 Å². The molecule has 1 aromatic heterocycles. The first-order valence-electron chi connectivity index (χ1n) is 6.47. The molecule has 2 N–H and O–H groups in total. The van der Waals surface area contributed by atoms with Gasteiger partial charge in [-0.15, -0.1) is 0 Å². The third-order valence-electron chi connectivity index (χ3n) is 2.65. The number of aromatic nitrogens is 2. The summed E-state index contributed by atoms with van der Waals surface area (Å²) in [5.74, 6) is 0.813. The van der Waals surface area contributed by atoms with Crippen molar-refractivity contribution in [1.29, 1.82) is 0 Å². The zero-order chi connectivity index (χ0) is 13.5. The molecule has 0 spiro atoms. The van der Waals surface area contributed by atoms with E-state index in [0.29, 0.717) is 18.3 Å². The smallest absolute Gasteiger partial charge is 0.293 e. The first kappa shape index (κ1) is 14.7. The molecule has 18 heavy (non-hydrogen) atoms. The monoisotopic (exact) mass is 253 g/mol. The average molecular weight is 253 g/mol. The molecule has 0 bridgehead atoms. The van der Waals surface area contributed by atoms with E-state index in [9.17, 15) is 4.79 Å². The average Bonchev–Trinajstić information content (AvgIpc) is 2.31. The van der Waals surface area contributed by atoms with Crippen LogP contribution in [-0.2, 0) is 6.54 Å². The number of nitrogens with zero attached hydrogens (tertiary/aromatic N) is 2. The Morgan fingerprint density at radius 2 is 2.17 bits per heavy atom. The molecule has 1 heterocycles. The van der Waals surface area contributed by atoms with Crippen LogP contribution >= 0.6 is 0 Å². The number of hydrogen-bond donors (Lipinski definition) is 2. The van der Waals surface area contributed by atoms with Crippen LogP contribution in [0, 0.1) is 5.92 Å². The van der Waals surface area contributed by atoms with Gasteiger partial charge in [0, 0.05) is 31.6 Å². The van der Waals surface area contributed by atoms with Gasteiger partial charge < -0.3 is 15.0 Å². The van der Waals surface area contributed by atoms with E-state index in [2.05, 4.69) is 24.1 Å². The van der Waals surface area contributed by atoms with Gasteiger partial charge in [0.15, 0.2) is 5.82 Å². The maximum absolute atomic E-state index is 12.1. The summed E-state index contributed by atoms with van der Waals surface area (Å²) in [6.45, 7) is 7.00. The molecule has 1 rings (SSSR count). The number of aliphatic hydroxyl groups is 1. The largest absolute Gasteiger partial charge is 0.396 e. The van der Waals surface area contributed by atoms with Gasteiger partial charge in [-0.2, -0.15) is 0 Å². The number of hydrogen-bond acceptors (Lipinski definition) is 4. The van der Waals surface area contributed by atoms with Gasteiger partial charge in [-0.25, -0.2) is 4.98 Å². The molecular formula is C13H23N3O2. The lowest BCUT2D eigenvalue weighted by Crippen LogP contribution is -2.29. The van der Waals surface area contributed by atoms with E-state index in [-0.39, 0.29) is 18.2 Å². The van der Waals surface area contributed by atoms with Crippen LogP contribution in [0.3, 0.4) is 0 Å². The van der Waals surface area contributed by atoms with Crippen molar-refractivity contribution < 1.29 is 5.11 Å². The van der Waals surface area contributed by atoms with Crippen LogP contribution in [0.2, 0.25) is 0 Å². The van der Waals surface area contributed by atoms with Crippen LogP contribution < -0.4 is 10.9 Å². The fraction of sp³-hybridized carbons (Fsp3) is 0.692. The third-order valence-corrected chi connectivity index (χ3v) is 2.65. The number of nitrogens with one attached hydrogen (secondary N) is 1. The Hall–Kier alpha value is -1.36. The Labute approximate surface area is 108 Å². The number of anilines is 1. The van der Waals surface area contributed by atoms with Crippen LogP contribution in [0.25, 0.3) is 0 Å². The lowest BCUT2D eigenvalue weighted by Gasteiger charge is -2.15. The lowest BCUT2D eigenvalue weighted by atomic mass is 10.2. The Morgan fingerprint density at radius 3 is 2.78 bits per heavy atom. The number of rotatable bonds is 7. The summed E-state index contributed by atoms with van der Waals surface area (Å²) in [5.41, 5.74) is -0.0814. The maximum atomic E-state index is 12.1. The van der Waals surface area contributed by atoms with Gasteiger partial charge in [0.1, 0.15) is 0 Å². The van der Waals surface area contributed by atoms with Gasteiger partial charge in [-0.05, 0) is 25.7 Å². The molecule has 0 aliphatic heterocycles. The van der Waals surface area contributed by atoms with Gasteiger partial charge in [0.05, 0.1) is 0 Å². The van der Waals surface area contributed by atoms with Crippen molar-refractivity contribution >= 4 is 5.82 Å². The summed E-state index contributed by atoms with van der Waals surface area (Å²) in [5, 5.41) is 11.9. The fourth-order valence-electron chi connectivity index (χ4n) is 1.79. The molecule has 0 amide bonds. The lowest BCUT2D eigenvalue weighted by molar-refractivity contribution is 0.282. The molecule has 5 nitrogen and oxygen atoms in total. The number of aliphatic hydroxyl groups excluding tert-OH is 1. The summed E-state index contributed by atoms with van der Waals surface area (Å²) < 4.78 is 1.68. The zero-order valence-corrected chi connectivity index (χ0v) is 11.4. The Morgan fingerprint density at radius 1 is 1.44 bits per heavy atom. The van der Waals surface area contributed by atoms with Crippen LogP contribution in [0.5, 0.6) is 0 Å². The minimum absolute atomic E-state index is 0.0814. The summed E-state index contributed by atoms with van der Waals surface area (Å²) in [7, 11) is 0. The molecule has 0 aromatic carbocycles. The van der Waals surface area contributed by atoms with Crippen molar-refractivity contribution in [2.24, 2.45) is 5.92 Å². The Balaban J connectivity index is 2.74. The quantitative estimate of drug-likeness (QED) is 0.772. The highest BCUT2D eigenvalue weighted by Crippen LogP contribution is 2.03. The van der Waals surface area contributed by atoms with Crippen molar-refractivity contribution in [2.45, 2.75) is 46.2 Å². The predicted octanol–water partition coefficient (Wildman–Crippen LogP) is 1.47. The topological polar surface area (TPSA) is 67.2 Å². The molecule has 0 aliphatic carbocycles. The molecule has 0 aliphatic rings. The summed E-state index contributed by atoms with van der Waals surface area (Å²) >= 11 is 0. The van der Waals surface area contributed by atoms with Gasteiger partial charge in [-0.3, -0.25) is 4.79 Å². The first-order chi connectivity index (χ1) is 8.54. The van der Waals surface area contributed by atoms with E-state index in [1.165, 1.54) is 0 Å². The molecule has 0 saturated heterocycles. The maximum Gasteiger partial charge on any atom is 0.293 e. The second kappa shape index (κ2) is 7.16. The van der Waals surface area contributed by atoms with E-state index in [0.717, 1.165) is 12.8 Å². The van der Waals surface area contributed by atoms with Crippen molar-refractivity contribution in [1.82, 2.24) is 9.55 Å². The molecule has 0 radical (unpaired) electrons. The molecular weight excluding hydrogens is 230 g/mol. The molecule has 5 heteroatoms. The van der Waals surface area contributed by atoms with Gasteiger partial charge in [0.2, 0.25) is 0 Å². The van der Waals surface area contributed by atoms with Crippen LogP contribution in [0.1, 0.15) is 33.6 Å². The summed E-state index contributed by atoms with van der Waals surface area (Å²) in [6.07, 6.45) is 4.90. The van der Waals surface area contributed by atoms with Crippen LogP contribution in [0.4, 0.5) is 5.82 Å². The Kier molecular flexibility index (Phi) is 5.85. The van der Waals surface area contributed by atoms with E-state index in [1.807, 2.05) is 6.92 Å². The zero-order valence-electron chi connectivity index (χ0n) is 11.4. The van der Waals surface area contributed by atoms with Crippen molar-refractivity contribution in [3.63, 3.8) is 0 Å². The summed E-state index contributed by atoms with van der Waals surface area (Å²) in [4.78, 5) is 16.2. The van der Waals surface area contributed by atoms with E-state index < -0.39 is 0 Å². The van der Waals surface area contributed by atoms with Crippen molar-refractivity contribution in [3.05, 3.63) is 22.7 Å². The first-order valence-corrected chi connectivity index (χ1v) is 6.47. The molecule has 1 aromatic rings. The molecule has 102 valence electrons. The predicted molar refractivity (Wildman–Crippen MR) is 72.7 cm³/mol. The van der Waals surface area contributed by atoms with Gasteiger partial charge >= 0.3 is 0 Å². The Bertz CT molecular complexity index is 415. The van der Waals surface area contributed by atoms with Gasteiger partial charge in [-0.1, -0.05) is 13.8 Å². The highest BCUT2D eigenvalue weighted by atomic mass is 16.2. The molecule has 1 atom stereocenters. The fourth-order valence-corrected chi connectivity index (χ4v) is 1.79. The van der Waals surface area contributed by atoms with Crippen molar-refractivity contribution in [3.8, 4) is 0 Å². The second-order valence-corrected chi connectivity index (χ2v) is 5.04. The highest BCUT2D eigenvalue weighted by Gasteiger charge is 2.09. The summed E-state index contributed by atoms with van der Waals surface area (Å²) in [6, 6.07) is 0.132. The van der Waals surface area contributed by atoms with E-state index >= 15 is 0 Å². The molecule has 0 saturated carbocycles. The van der Waals surface area contributed by atoms with Crippen LogP contribution in [0.15, 0.2) is 17.2 Å². The normalized spacial score (nSPS) is 12.7. The SMILES string of the molecule is CC(C)Cn1ccnc(NC(C)CCCO)c1=O.